The molecule has 1 aromatic carbocycles. The summed E-state index contributed by atoms with van der Waals surface area (Å²) in [5, 5.41) is 17.1. The Morgan fingerprint density at radius 2 is 2.31 bits per heavy atom. The smallest absolute Gasteiger partial charge is 0.0853 e. The number of nitrogens with two attached hydrogens (primary N) is 1. The molecule has 1 aromatic heterocycles. The Kier molecular flexibility index (Phi) is 3.19. The zero-order valence-electron chi connectivity index (χ0n) is 8.42. The zero-order chi connectivity index (χ0) is 11.5. The van der Waals surface area contributed by atoms with E-state index < -0.39 is 6.04 Å². The average Bonchev–Trinajstić information content (AvgIpc) is 2.82. The molecule has 1 atom stereocenters. The number of hydrogen-bond donors (Lipinski definition) is 2. The molecule has 2 aromatic rings. The summed E-state index contributed by atoms with van der Waals surface area (Å²) in [6.45, 7) is -0.113. The van der Waals surface area contributed by atoms with E-state index in [1.807, 2.05) is 0 Å². The van der Waals surface area contributed by atoms with Gasteiger partial charge in [0.2, 0.25) is 0 Å². The first kappa shape index (κ1) is 11.1. The number of aromatic nitrogens is 3. The minimum Gasteiger partial charge on any atom is -0.394 e. The Bertz CT molecular complexity index is 472. The first-order valence-corrected chi connectivity index (χ1v) is 5.12. The van der Waals surface area contributed by atoms with Crippen LogP contribution in [0, 0.1) is 0 Å². The molecule has 0 aliphatic rings. The number of hydrogen-bond acceptors (Lipinski definition) is 4. The molecule has 0 saturated heterocycles. The lowest BCUT2D eigenvalue weighted by Gasteiger charge is -2.11. The second-order valence-corrected chi connectivity index (χ2v) is 3.75. The quantitative estimate of drug-likeness (QED) is 0.834. The first-order chi connectivity index (χ1) is 7.72. The summed E-state index contributed by atoms with van der Waals surface area (Å²) in [7, 11) is 0. The van der Waals surface area contributed by atoms with Crippen LogP contribution >= 0.6 is 11.6 Å². The second kappa shape index (κ2) is 4.61. The van der Waals surface area contributed by atoms with Gasteiger partial charge in [0.1, 0.15) is 0 Å². The summed E-state index contributed by atoms with van der Waals surface area (Å²) < 4.78 is 1.55. The summed E-state index contributed by atoms with van der Waals surface area (Å²) in [6, 6.07) is 4.88. The molecule has 0 bridgehead atoms. The first-order valence-electron chi connectivity index (χ1n) is 4.75. The molecule has 6 heteroatoms. The van der Waals surface area contributed by atoms with Gasteiger partial charge in [-0.2, -0.15) is 0 Å². The van der Waals surface area contributed by atoms with Crippen molar-refractivity contribution in [2.75, 3.05) is 6.61 Å². The van der Waals surface area contributed by atoms with E-state index in [1.165, 1.54) is 0 Å². The van der Waals surface area contributed by atoms with Crippen molar-refractivity contribution in [3.8, 4) is 5.69 Å². The highest BCUT2D eigenvalue weighted by Gasteiger charge is 2.09. The molecule has 0 fully saturated rings. The Hall–Kier alpha value is -1.43. The second-order valence-electron chi connectivity index (χ2n) is 3.35. The molecule has 0 radical (unpaired) electrons. The van der Waals surface area contributed by atoms with E-state index in [1.54, 1.807) is 35.3 Å². The Balaban J connectivity index is 2.45. The van der Waals surface area contributed by atoms with Crippen LogP contribution in [0.5, 0.6) is 0 Å². The predicted octanol–water partition coefficient (Wildman–Crippen LogP) is 0.913. The molecule has 16 heavy (non-hydrogen) atoms. The highest BCUT2D eigenvalue weighted by Crippen LogP contribution is 2.23. The van der Waals surface area contributed by atoms with Gasteiger partial charge in [0.05, 0.1) is 35.8 Å². The molecular weight excluding hydrogens is 228 g/mol. The molecule has 3 N–H and O–H groups in total. The van der Waals surface area contributed by atoms with Gasteiger partial charge in [0.25, 0.3) is 0 Å². The van der Waals surface area contributed by atoms with E-state index in [2.05, 4.69) is 10.3 Å². The molecule has 2 rings (SSSR count). The van der Waals surface area contributed by atoms with Gasteiger partial charge in [-0.15, -0.1) is 5.10 Å². The van der Waals surface area contributed by atoms with Crippen molar-refractivity contribution in [1.29, 1.82) is 0 Å². The van der Waals surface area contributed by atoms with Gasteiger partial charge in [-0.3, -0.25) is 0 Å². The fourth-order valence-electron chi connectivity index (χ4n) is 1.38. The van der Waals surface area contributed by atoms with Crippen LogP contribution < -0.4 is 5.73 Å². The summed E-state index contributed by atoms with van der Waals surface area (Å²) >= 11 is 6.04. The van der Waals surface area contributed by atoms with Crippen molar-refractivity contribution in [3.05, 3.63) is 41.2 Å². The molecule has 1 heterocycles. The molecule has 5 nitrogen and oxygen atoms in total. The van der Waals surface area contributed by atoms with Gasteiger partial charge in [0.15, 0.2) is 0 Å². The van der Waals surface area contributed by atoms with Crippen LogP contribution in [-0.2, 0) is 0 Å². The third-order valence-electron chi connectivity index (χ3n) is 2.26. The number of benzene rings is 1. The Morgan fingerprint density at radius 1 is 1.50 bits per heavy atom. The summed E-state index contributed by atoms with van der Waals surface area (Å²) in [4.78, 5) is 0. The van der Waals surface area contributed by atoms with Crippen LogP contribution in [0.3, 0.4) is 0 Å². The lowest BCUT2D eigenvalue weighted by atomic mass is 10.1. The summed E-state index contributed by atoms with van der Waals surface area (Å²) in [6.07, 6.45) is 3.25. The minimum absolute atomic E-state index is 0.113. The van der Waals surface area contributed by atoms with E-state index in [4.69, 9.17) is 22.4 Å². The van der Waals surface area contributed by atoms with Gasteiger partial charge >= 0.3 is 0 Å². The van der Waals surface area contributed by atoms with Crippen LogP contribution in [0.2, 0.25) is 5.02 Å². The number of aliphatic hydroxyl groups is 1. The van der Waals surface area contributed by atoms with Crippen LogP contribution in [0.1, 0.15) is 11.6 Å². The molecule has 84 valence electrons. The van der Waals surface area contributed by atoms with E-state index in [0.29, 0.717) is 10.7 Å². The topological polar surface area (TPSA) is 77.0 Å². The highest BCUT2D eigenvalue weighted by atomic mass is 35.5. The molecule has 0 saturated carbocycles. The largest absolute Gasteiger partial charge is 0.394 e. The van der Waals surface area contributed by atoms with Crippen molar-refractivity contribution in [2.24, 2.45) is 5.73 Å². The van der Waals surface area contributed by atoms with E-state index >= 15 is 0 Å². The third kappa shape index (κ3) is 2.06. The van der Waals surface area contributed by atoms with Crippen LogP contribution in [0.15, 0.2) is 30.6 Å². The standard InChI is InChI=1S/C10H11ClN4O/c11-8-2-1-7(9(12)6-16)5-10(8)15-4-3-13-14-15/h1-5,9,16H,6,12H2/t9-/m1/s1. The van der Waals surface area contributed by atoms with Crippen LogP contribution in [-0.4, -0.2) is 26.7 Å². The third-order valence-corrected chi connectivity index (χ3v) is 2.58. The maximum atomic E-state index is 8.99. The van der Waals surface area contributed by atoms with Gasteiger partial charge < -0.3 is 10.8 Å². The fourth-order valence-corrected chi connectivity index (χ4v) is 1.58. The molecule has 0 amide bonds. The Labute approximate surface area is 97.5 Å². The number of aliphatic hydroxyl groups excluding tert-OH is 1. The average molecular weight is 239 g/mol. The minimum atomic E-state index is -0.417. The van der Waals surface area contributed by atoms with E-state index in [-0.39, 0.29) is 6.61 Å². The highest BCUT2D eigenvalue weighted by molar-refractivity contribution is 6.32. The van der Waals surface area contributed by atoms with Crippen molar-refractivity contribution in [3.63, 3.8) is 0 Å². The molecule has 0 spiro atoms. The van der Waals surface area contributed by atoms with Crippen LogP contribution in [0.4, 0.5) is 0 Å². The van der Waals surface area contributed by atoms with Gasteiger partial charge in [-0.05, 0) is 17.7 Å². The number of rotatable bonds is 3. The van der Waals surface area contributed by atoms with Crippen molar-refractivity contribution >= 4 is 11.6 Å². The molecule has 0 aliphatic carbocycles. The number of nitrogens with zero attached hydrogens (tertiary/aromatic N) is 3. The zero-order valence-corrected chi connectivity index (χ0v) is 9.17. The Morgan fingerprint density at radius 3 is 2.94 bits per heavy atom. The van der Waals surface area contributed by atoms with Crippen molar-refractivity contribution in [2.45, 2.75) is 6.04 Å². The maximum absolute atomic E-state index is 8.99. The maximum Gasteiger partial charge on any atom is 0.0853 e. The predicted molar refractivity (Wildman–Crippen MR) is 60.4 cm³/mol. The van der Waals surface area contributed by atoms with Gasteiger partial charge in [-0.25, -0.2) is 4.68 Å². The summed E-state index contributed by atoms with van der Waals surface area (Å²) in [5.74, 6) is 0. The monoisotopic (exact) mass is 238 g/mol. The van der Waals surface area contributed by atoms with E-state index in [9.17, 15) is 0 Å². The van der Waals surface area contributed by atoms with Gasteiger partial charge in [0, 0.05) is 0 Å². The normalized spacial score (nSPS) is 12.7. The van der Waals surface area contributed by atoms with E-state index in [0.717, 1.165) is 5.56 Å². The van der Waals surface area contributed by atoms with Crippen molar-refractivity contribution < 1.29 is 5.11 Å². The SMILES string of the molecule is N[C@H](CO)c1ccc(Cl)c(-n2ccnn2)c1. The lowest BCUT2D eigenvalue weighted by Crippen LogP contribution is -2.14. The van der Waals surface area contributed by atoms with Crippen molar-refractivity contribution in [1.82, 2.24) is 15.0 Å². The molecular formula is C10H11ClN4O. The van der Waals surface area contributed by atoms with Gasteiger partial charge in [-0.1, -0.05) is 22.9 Å². The molecule has 0 unspecified atom stereocenters. The fraction of sp³-hybridized carbons (Fsp3) is 0.200. The summed E-state index contributed by atoms with van der Waals surface area (Å²) in [5.41, 5.74) is 7.23. The van der Waals surface area contributed by atoms with Crippen LogP contribution in [0.25, 0.3) is 5.69 Å². The lowest BCUT2D eigenvalue weighted by molar-refractivity contribution is 0.268. The number of halogens is 1. The molecule has 0 aliphatic heterocycles.